The maximum absolute atomic E-state index is 11.5. The molecule has 1 heterocycles. The Kier molecular flexibility index (Phi) is 4.27. The molecule has 0 saturated carbocycles. The number of aryl methyl sites for hydroxylation is 1. The third kappa shape index (κ3) is 2.81. The summed E-state index contributed by atoms with van der Waals surface area (Å²) in [5, 5.41) is 0. The van der Waals surface area contributed by atoms with Crippen LogP contribution in [0, 0.1) is 0 Å². The van der Waals surface area contributed by atoms with E-state index in [0.29, 0.717) is 12.3 Å². The number of hydrogen-bond acceptors (Lipinski definition) is 4. The van der Waals surface area contributed by atoms with Crippen molar-refractivity contribution >= 4 is 28.6 Å². The van der Waals surface area contributed by atoms with Crippen molar-refractivity contribution in [2.45, 2.75) is 13.0 Å². The van der Waals surface area contributed by atoms with Gasteiger partial charge in [-0.25, -0.2) is 4.98 Å². The van der Waals surface area contributed by atoms with Gasteiger partial charge in [0.05, 0.1) is 25.3 Å². The van der Waals surface area contributed by atoms with Gasteiger partial charge in [-0.1, -0.05) is 0 Å². The van der Waals surface area contributed by atoms with Gasteiger partial charge in [0.25, 0.3) is 0 Å². The number of esters is 1. The Hall–Kier alpha value is -1.75. The molecule has 0 saturated heterocycles. The van der Waals surface area contributed by atoms with Crippen LogP contribution in [0.3, 0.4) is 0 Å². The molecule has 0 aliphatic rings. The molecule has 2 rings (SSSR count). The standard InChI is InChI=1S/C13H15ClN2O3/c1-18-9-3-4-10-11(7-9)16(8-13(17)19-2)12(15-10)5-6-14/h3-4,7H,5-6,8H2,1-2H3. The summed E-state index contributed by atoms with van der Waals surface area (Å²) < 4.78 is 11.7. The number of ether oxygens (including phenoxy) is 2. The maximum atomic E-state index is 11.5. The Morgan fingerprint density at radius 1 is 1.42 bits per heavy atom. The van der Waals surface area contributed by atoms with E-state index >= 15 is 0 Å². The predicted molar refractivity (Wildman–Crippen MR) is 72.7 cm³/mol. The fraction of sp³-hybridized carbons (Fsp3) is 0.385. The zero-order valence-corrected chi connectivity index (χ0v) is 11.6. The summed E-state index contributed by atoms with van der Waals surface area (Å²) in [5.74, 6) is 1.61. The van der Waals surface area contributed by atoms with Gasteiger partial charge in [0.15, 0.2) is 0 Å². The van der Waals surface area contributed by atoms with Crippen molar-refractivity contribution < 1.29 is 14.3 Å². The quantitative estimate of drug-likeness (QED) is 0.622. The van der Waals surface area contributed by atoms with E-state index in [0.717, 1.165) is 22.6 Å². The molecule has 102 valence electrons. The van der Waals surface area contributed by atoms with E-state index in [4.69, 9.17) is 21.1 Å². The molecule has 0 radical (unpaired) electrons. The minimum Gasteiger partial charge on any atom is -0.497 e. The lowest BCUT2D eigenvalue weighted by Crippen LogP contribution is -2.14. The van der Waals surface area contributed by atoms with Crippen LogP contribution in [0.25, 0.3) is 11.0 Å². The second-order valence-electron chi connectivity index (χ2n) is 3.98. The van der Waals surface area contributed by atoms with Gasteiger partial charge in [-0.05, 0) is 12.1 Å². The minimum atomic E-state index is -0.321. The highest BCUT2D eigenvalue weighted by Gasteiger charge is 2.14. The van der Waals surface area contributed by atoms with Gasteiger partial charge in [-0.3, -0.25) is 4.79 Å². The van der Waals surface area contributed by atoms with Gasteiger partial charge >= 0.3 is 5.97 Å². The lowest BCUT2D eigenvalue weighted by molar-refractivity contribution is -0.141. The highest BCUT2D eigenvalue weighted by Crippen LogP contribution is 2.22. The topological polar surface area (TPSA) is 53.4 Å². The monoisotopic (exact) mass is 282 g/mol. The minimum absolute atomic E-state index is 0.117. The molecule has 0 atom stereocenters. The molecule has 2 aromatic rings. The van der Waals surface area contributed by atoms with Gasteiger partial charge in [-0.15, -0.1) is 11.6 Å². The average Bonchev–Trinajstić information content (AvgIpc) is 2.76. The van der Waals surface area contributed by atoms with Crippen molar-refractivity contribution in [3.63, 3.8) is 0 Å². The highest BCUT2D eigenvalue weighted by molar-refractivity contribution is 6.17. The molecular weight excluding hydrogens is 268 g/mol. The van der Waals surface area contributed by atoms with Gasteiger partial charge in [0, 0.05) is 18.4 Å². The van der Waals surface area contributed by atoms with E-state index in [1.54, 1.807) is 7.11 Å². The highest BCUT2D eigenvalue weighted by atomic mass is 35.5. The summed E-state index contributed by atoms with van der Waals surface area (Å²) >= 11 is 5.77. The lowest BCUT2D eigenvalue weighted by Gasteiger charge is -2.07. The number of alkyl halides is 1. The first-order valence-electron chi connectivity index (χ1n) is 5.85. The lowest BCUT2D eigenvalue weighted by atomic mass is 10.3. The molecular formula is C13H15ClN2O3. The van der Waals surface area contributed by atoms with Crippen molar-refractivity contribution in [2.24, 2.45) is 0 Å². The summed E-state index contributed by atoms with van der Waals surface area (Å²) in [6.07, 6.45) is 0.593. The maximum Gasteiger partial charge on any atom is 0.325 e. The number of benzene rings is 1. The Labute approximate surface area is 116 Å². The van der Waals surface area contributed by atoms with E-state index in [9.17, 15) is 4.79 Å². The van der Waals surface area contributed by atoms with E-state index in [1.165, 1.54) is 7.11 Å². The molecule has 19 heavy (non-hydrogen) atoms. The van der Waals surface area contributed by atoms with Crippen LogP contribution in [0.2, 0.25) is 0 Å². The molecule has 0 bridgehead atoms. The average molecular weight is 283 g/mol. The Bertz CT molecular complexity index is 595. The summed E-state index contributed by atoms with van der Waals surface area (Å²) in [6, 6.07) is 5.55. The molecule has 0 aliphatic heterocycles. The molecule has 0 amide bonds. The van der Waals surface area contributed by atoms with Crippen LogP contribution >= 0.6 is 11.6 Å². The van der Waals surface area contributed by atoms with Crippen LogP contribution in [0.4, 0.5) is 0 Å². The van der Waals surface area contributed by atoms with Crippen molar-refractivity contribution in [1.82, 2.24) is 9.55 Å². The van der Waals surface area contributed by atoms with Crippen LogP contribution in [-0.2, 0) is 22.5 Å². The van der Waals surface area contributed by atoms with Crippen LogP contribution < -0.4 is 4.74 Å². The Balaban J connectivity index is 2.52. The smallest absolute Gasteiger partial charge is 0.325 e. The van der Waals surface area contributed by atoms with E-state index in [1.807, 2.05) is 22.8 Å². The number of rotatable bonds is 5. The van der Waals surface area contributed by atoms with E-state index in [-0.39, 0.29) is 12.5 Å². The SMILES string of the molecule is COC(=O)Cn1c(CCCl)nc2ccc(OC)cc21. The zero-order chi connectivity index (χ0) is 13.8. The van der Waals surface area contributed by atoms with E-state index < -0.39 is 0 Å². The number of halogens is 1. The number of imidazole rings is 1. The molecule has 1 aromatic heterocycles. The second kappa shape index (κ2) is 5.93. The number of carbonyl (C=O) groups excluding carboxylic acids is 1. The first kappa shape index (κ1) is 13.7. The van der Waals surface area contributed by atoms with Gasteiger partial charge < -0.3 is 14.0 Å². The number of aromatic nitrogens is 2. The number of carbonyl (C=O) groups is 1. The van der Waals surface area contributed by atoms with Crippen LogP contribution in [0.5, 0.6) is 5.75 Å². The molecule has 1 aromatic carbocycles. The molecule has 0 fully saturated rings. The van der Waals surface area contributed by atoms with Gasteiger partial charge in [0.2, 0.25) is 0 Å². The van der Waals surface area contributed by atoms with Gasteiger partial charge in [-0.2, -0.15) is 0 Å². The van der Waals surface area contributed by atoms with Crippen LogP contribution in [-0.4, -0.2) is 35.6 Å². The zero-order valence-electron chi connectivity index (χ0n) is 10.9. The molecule has 0 unspecified atom stereocenters. The van der Waals surface area contributed by atoms with Crippen molar-refractivity contribution in [3.8, 4) is 5.75 Å². The molecule has 0 aliphatic carbocycles. The van der Waals surface area contributed by atoms with Crippen molar-refractivity contribution in [3.05, 3.63) is 24.0 Å². The van der Waals surface area contributed by atoms with Crippen LogP contribution in [0.15, 0.2) is 18.2 Å². The first-order valence-corrected chi connectivity index (χ1v) is 6.39. The number of methoxy groups -OCH3 is 2. The second-order valence-corrected chi connectivity index (χ2v) is 4.36. The molecule has 6 heteroatoms. The molecule has 0 spiro atoms. The normalized spacial score (nSPS) is 10.7. The molecule has 5 nitrogen and oxygen atoms in total. The third-order valence-corrected chi connectivity index (χ3v) is 3.06. The summed E-state index contributed by atoms with van der Waals surface area (Å²) in [7, 11) is 2.96. The molecule has 0 N–H and O–H groups in total. The number of hydrogen-bond donors (Lipinski definition) is 0. The number of nitrogens with zero attached hydrogens (tertiary/aromatic N) is 2. The van der Waals surface area contributed by atoms with Gasteiger partial charge in [0.1, 0.15) is 18.1 Å². The van der Waals surface area contributed by atoms with Crippen LogP contribution in [0.1, 0.15) is 5.82 Å². The Morgan fingerprint density at radius 2 is 2.21 bits per heavy atom. The first-order chi connectivity index (χ1) is 9.19. The predicted octanol–water partition coefficient (Wildman–Crippen LogP) is 2.00. The van der Waals surface area contributed by atoms with Crippen molar-refractivity contribution in [2.75, 3.05) is 20.1 Å². The summed E-state index contributed by atoms with van der Waals surface area (Å²) in [4.78, 5) is 16.0. The fourth-order valence-electron chi connectivity index (χ4n) is 1.92. The van der Waals surface area contributed by atoms with Crippen molar-refractivity contribution in [1.29, 1.82) is 0 Å². The number of fused-ring (bicyclic) bond motifs is 1. The third-order valence-electron chi connectivity index (χ3n) is 2.87. The largest absolute Gasteiger partial charge is 0.497 e. The summed E-state index contributed by atoms with van der Waals surface area (Å²) in [6.45, 7) is 0.117. The summed E-state index contributed by atoms with van der Waals surface area (Å²) in [5.41, 5.74) is 1.65. The fourth-order valence-corrected chi connectivity index (χ4v) is 2.09. The Morgan fingerprint density at radius 3 is 2.84 bits per heavy atom. The van der Waals surface area contributed by atoms with E-state index in [2.05, 4.69) is 4.98 Å².